The number of allylic oxidation sites excluding steroid dienone is 21. The van der Waals surface area contributed by atoms with Crippen molar-refractivity contribution in [3.05, 3.63) is 120 Å². The first-order valence-corrected chi connectivity index (χ1v) is 16.1. The van der Waals surface area contributed by atoms with Gasteiger partial charge in [-0.2, -0.15) is 0 Å². The summed E-state index contributed by atoms with van der Waals surface area (Å²) in [7, 11) is 0. The van der Waals surface area contributed by atoms with Gasteiger partial charge in [-0.05, 0) is 0 Å². The maximum Gasteiger partial charge on any atom is -1.00 e. The Bertz CT molecular complexity index is 917. The fourth-order valence-corrected chi connectivity index (χ4v) is 27.9. The predicted octanol–water partition coefficient (Wildman–Crippen LogP) is 1.07. The van der Waals surface area contributed by atoms with E-state index < -0.39 is 18.8 Å². The molecule has 0 aliphatic heterocycles. The molecule has 0 heterocycles. The van der Waals surface area contributed by atoms with Crippen LogP contribution in [-0.2, 0) is 18.8 Å². The Hall–Kier alpha value is -1.40. The maximum absolute atomic E-state index is 4.54. The summed E-state index contributed by atoms with van der Waals surface area (Å²) in [5, 5.41) is 0. The van der Waals surface area contributed by atoms with Crippen molar-refractivity contribution in [1.82, 2.24) is 0 Å². The third kappa shape index (κ3) is 2.74. The summed E-state index contributed by atoms with van der Waals surface area (Å²) < 4.78 is 8.24. The third-order valence-electron chi connectivity index (χ3n) is 7.10. The largest absolute Gasteiger partial charge is 1.00 e. The van der Waals surface area contributed by atoms with Crippen molar-refractivity contribution < 1.29 is 43.6 Å². The van der Waals surface area contributed by atoms with Gasteiger partial charge < -0.3 is 24.8 Å². The van der Waals surface area contributed by atoms with Gasteiger partial charge in [0.15, 0.2) is 0 Å². The third-order valence-corrected chi connectivity index (χ3v) is 27.2. The topological polar surface area (TPSA) is 0 Å². The molecule has 0 N–H and O–H groups in total. The minimum atomic E-state index is -4.16. The summed E-state index contributed by atoms with van der Waals surface area (Å²) in [6.45, 7) is 4.54. The van der Waals surface area contributed by atoms with E-state index in [-0.39, 0.29) is 24.8 Å². The number of hydrogen-bond acceptors (Lipinski definition) is 0. The molecule has 147 valence electrons. The molecule has 5 rings (SSSR count). The molecule has 0 spiro atoms. The molecule has 0 saturated carbocycles. The van der Waals surface area contributed by atoms with Crippen LogP contribution in [0.1, 0.15) is 25.7 Å². The molecule has 0 fully saturated rings. The van der Waals surface area contributed by atoms with E-state index in [0.29, 0.717) is 0 Å². The van der Waals surface area contributed by atoms with Crippen LogP contribution in [0.3, 0.4) is 0 Å². The Labute approximate surface area is 187 Å². The molecule has 29 heavy (non-hydrogen) atoms. The smallest absolute Gasteiger partial charge is 1.00 e. The van der Waals surface area contributed by atoms with Gasteiger partial charge in [-0.3, -0.25) is 0 Å². The summed E-state index contributed by atoms with van der Waals surface area (Å²) in [4.78, 5) is 0. The van der Waals surface area contributed by atoms with Crippen LogP contribution in [0.15, 0.2) is 120 Å². The van der Waals surface area contributed by atoms with Crippen LogP contribution < -0.4 is 24.8 Å². The molecule has 5 aliphatic rings. The van der Waals surface area contributed by atoms with E-state index >= 15 is 0 Å². The molecule has 0 radical (unpaired) electrons. The monoisotopic (exact) mass is 497 g/mol. The second-order valence-electron chi connectivity index (χ2n) is 8.01. The molecular formula is C26H25Cl2Zr. The number of rotatable bonds is 5. The van der Waals surface area contributed by atoms with Crippen molar-refractivity contribution in [2.75, 3.05) is 0 Å². The molecule has 5 aliphatic carbocycles. The van der Waals surface area contributed by atoms with Crippen LogP contribution >= 0.6 is 0 Å². The molecule has 0 aromatic carbocycles. The predicted molar refractivity (Wildman–Crippen MR) is 114 cm³/mol. The fourth-order valence-electron chi connectivity index (χ4n) is 6.15. The van der Waals surface area contributed by atoms with E-state index in [9.17, 15) is 0 Å². The molecule has 0 amide bonds. The van der Waals surface area contributed by atoms with Gasteiger partial charge in [0.2, 0.25) is 0 Å². The zero-order chi connectivity index (χ0) is 18.3. The molecule has 0 unspecified atom stereocenters. The van der Waals surface area contributed by atoms with Gasteiger partial charge in [-0.1, -0.05) is 0 Å². The van der Waals surface area contributed by atoms with Crippen LogP contribution in [0.25, 0.3) is 0 Å². The van der Waals surface area contributed by atoms with Gasteiger partial charge in [-0.25, -0.2) is 0 Å². The maximum atomic E-state index is 4.54. The van der Waals surface area contributed by atoms with Crippen molar-refractivity contribution in [3.63, 3.8) is 0 Å². The molecule has 0 nitrogen and oxygen atoms in total. The molecular weight excluding hydrogens is 474 g/mol. The van der Waals surface area contributed by atoms with Crippen LogP contribution in [0, 0.1) is 0 Å². The van der Waals surface area contributed by atoms with Crippen LogP contribution in [0.4, 0.5) is 0 Å². The molecule has 0 aromatic rings. The van der Waals surface area contributed by atoms with Gasteiger partial charge in [0, 0.05) is 0 Å². The summed E-state index contributed by atoms with van der Waals surface area (Å²) in [6.07, 6.45) is 39.5. The Kier molecular flexibility index (Phi) is 6.45. The molecule has 0 atom stereocenters. The van der Waals surface area contributed by atoms with Gasteiger partial charge in [0.05, 0.1) is 0 Å². The summed E-state index contributed by atoms with van der Waals surface area (Å²) in [5.41, 5.74) is 1.22. The Morgan fingerprint density at radius 2 is 0.931 bits per heavy atom. The normalized spacial score (nSPS) is 21.7. The molecule has 3 heteroatoms. The summed E-state index contributed by atoms with van der Waals surface area (Å²) in [6, 6.07) is 0. The van der Waals surface area contributed by atoms with E-state index in [4.69, 9.17) is 0 Å². The van der Waals surface area contributed by atoms with Crippen LogP contribution in [0.5, 0.6) is 0 Å². The van der Waals surface area contributed by atoms with Crippen molar-refractivity contribution in [1.29, 1.82) is 0 Å². The van der Waals surface area contributed by atoms with Gasteiger partial charge >= 0.3 is 164 Å². The second kappa shape index (κ2) is 8.39. The van der Waals surface area contributed by atoms with Crippen molar-refractivity contribution in [2.24, 2.45) is 0 Å². The standard InChI is InChI=1S/C6H5.4C5H5.2ClH.Zr/c1-6-4-2-3-5-6;4*1-2-4-5-3-1;;;/h2-4H,1H2;4*1-3H,4H2;2*1H;/q;;;;;;;+2/p-2. The van der Waals surface area contributed by atoms with Crippen molar-refractivity contribution in [2.45, 2.75) is 25.7 Å². The minimum absolute atomic E-state index is 0. The average molecular weight is 500 g/mol. The van der Waals surface area contributed by atoms with E-state index in [1.54, 1.807) is 16.4 Å². The molecule has 0 saturated heterocycles. The summed E-state index contributed by atoms with van der Waals surface area (Å²) >= 11 is -4.16. The van der Waals surface area contributed by atoms with E-state index in [0.717, 1.165) is 25.7 Å². The zero-order valence-electron chi connectivity index (χ0n) is 16.5. The van der Waals surface area contributed by atoms with E-state index in [1.165, 1.54) is 5.57 Å². The van der Waals surface area contributed by atoms with E-state index in [1.807, 2.05) is 0 Å². The molecule has 0 aromatic heterocycles. The van der Waals surface area contributed by atoms with Crippen LogP contribution in [0.2, 0.25) is 0 Å². The van der Waals surface area contributed by atoms with Gasteiger partial charge in [-0.15, -0.1) is 0 Å². The van der Waals surface area contributed by atoms with E-state index in [2.05, 4.69) is 97.7 Å². The van der Waals surface area contributed by atoms with Crippen molar-refractivity contribution in [3.8, 4) is 0 Å². The quantitative estimate of drug-likeness (QED) is 0.531. The first-order valence-electron chi connectivity index (χ1n) is 9.97. The Morgan fingerprint density at radius 1 is 0.552 bits per heavy atom. The number of halogens is 2. The first-order chi connectivity index (χ1) is 13.3. The van der Waals surface area contributed by atoms with Crippen LogP contribution in [-0.4, -0.2) is 0 Å². The van der Waals surface area contributed by atoms with Gasteiger partial charge in [0.1, 0.15) is 0 Å². The minimum Gasteiger partial charge on any atom is -1.00 e. The first kappa shape index (κ1) is 22.3. The van der Waals surface area contributed by atoms with Gasteiger partial charge in [0.25, 0.3) is 0 Å². The SMILES string of the molecule is C=C1C=CC=[C]1[Zr+2]([C]1=CC=CC1)([C]1=CC=CC1)([C]1=CC=CC1)[C]1=CC=CC1.[Cl-].[Cl-]. The fraction of sp³-hybridized carbons (Fsp3) is 0.154. The Balaban J connectivity index is 0.00000120. The average Bonchev–Trinajstić information content (AvgIpc) is 3.48. The summed E-state index contributed by atoms with van der Waals surface area (Å²) in [5.74, 6) is 0. The Morgan fingerprint density at radius 3 is 1.17 bits per heavy atom. The van der Waals surface area contributed by atoms with Crippen molar-refractivity contribution >= 4 is 0 Å². The zero-order valence-corrected chi connectivity index (χ0v) is 20.4. The number of hydrogen-bond donors (Lipinski definition) is 0. The molecule has 0 bridgehead atoms. The second-order valence-corrected chi connectivity index (χ2v) is 21.8.